The van der Waals surface area contributed by atoms with Gasteiger partial charge in [-0.15, -0.1) is 0 Å². The molecule has 0 aromatic heterocycles. The van der Waals surface area contributed by atoms with E-state index < -0.39 is 0 Å². The van der Waals surface area contributed by atoms with Gasteiger partial charge in [0.25, 0.3) is 0 Å². The van der Waals surface area contributed by atoms with Crippen molar-refractivity contribution < 1.29 is 9.47 Å². The third kappa shape index (κ3) is 3.37. The molecule has 3 nitrogen and oxygen atoms in total. The molecule has 0 unspecified atom stereocenters. The van der Waals surface area contributed by atoms with E-state index in [2.05, 4.69) is 29.6 Å². The molecule has 2 aromatic rings. The van der Waals surface area contributed by atoms with Gasteiger partial charge in [0, 0.05) is 6.04 Å². The summed E-state index contributed by atoms with van der Waals surface area (Å²) in [6, 6.07) is 16.8. The van der Waals surface area contributed by atoms with E-state index in [1.165, 1.54) is 18.4 Å². The molecule has 1 fully saturated rings. The van der Waals surface area contributed by atoms with Gasteiger partial charge in [0.05, 0.1) is 7.11 Å². The van der Waals surface area contributed by atoms with Gasteiger partial charge in [0.2, 0.25) is 0 Å². The Morgan fingerprint density at radius 2 is 1.95 bits per heavy atom. The molecule has 1 N–H and O–H groups in total. The molecule has 1 aliphatic heterocycles. The van der Waals surface area contributed by atoms with Crippen molar-refractivity contribution in [2.24, 2.45) is 0 Å². The van der Waals surface area contributed by atoms with Crippen LogP contribution in [0.4, 0.5) is 0 Å². The standard InChI is InChI=1S/C18H21NO2/c1-20-18-12-15(16-8-5-11-19-16)9-10-17(18)21-13-14-6-3-2-4-7-14/h2-4,6-7,9-10,12,16,19H,5,8,11,13H2,1H3/t16-/m0/s1. The summed E-state index contributed by atoms with van der Waals surface area (Å²) >= 11 is 0. The number of hydrogen-bond donors (Lipinski definition) is 1. The Balaban J connectivity index is 1.72. The van der Waals surface area contributed by atoms with Gasteiger partial charge in [-0.3, -0.25) is 0 Å². The third-order valence-corrected chi connectivity index (χ3v) is 3.89. The van der Waals surface area contributed by atoms with Crippen molar-refractivity contribution in [1.82, 2.24) is 5.32 Å². The lowest BCUT2D eigenvalue weighted by atomic mass is 10.0. The van der Waals surface area contributed by atoms with Crippen LogP contribution in [0, 0.1) is 0 Å². The van der Waals surface area contributed by atoms with Crippen molar-refractivity contribution in [3.63, 3.8) is 0 Å². The molecule has 3 rings (SSSR count). The molecule has 0 bridgehead atoms. The highest BCUT2D eigenvalue weighted by molar-refractivity contribution is 5.44. The van der Waals surface area contributed by atoms with Gasteiger partial charge < -0.3 is 14.8 Å². The molecule has 2 aromatic carbocycles. The second kappa shape index (κ2) is 6.64. The molecule has 3 heteroatoms. The lowest BCUT2D eigenvalue weighted by molar-refractivity contribution is 0.284. The largest absolute Gasteiger partial charge is 0.493 e. The summed E-state index contributed by atoms with van der Waals surface area (Å²) in [6.07, 6.45) is 2.42. The number of nitrogens with one attached hydrogen (secondary N) is 1. The van der Waals surface area contributed by atoms with E-state index in [0.29, 0.717) is 12.6 Å². The molecule has 0 spiro atoms. The highest BCUT2D eigenvalue weighted by atomic mass is 16.5. The number of methoxy groups -OCH3 is 1. The minimum atomic E-state index is 0.446. The van der Waals surface area contributed by atoms with Gasteiger partial charge in [-0.25, -0.2) is 0 Å². The van der Waals surface area contributed by atoms with Crippen molar-refractivity contribution in [3.8, 4) is 11.5 Å². The SMILES string of the molecule is COc1cc([C@@H]2CCCN2)ccc1OCc1ccccc1. The van der Waals surface area contributed by atoms with Crippen molar-refractivity contribution in [1.29, 1.82) is 0 Å². The Bertz CT molecular complexity index is 577. The summed E-state index contributed by atoms with van der Waals surface area (Å²) in [5.41, 5.74) is 2.43. The first kappa shape index (κ1) is 14.0. The quantitative estimate of drug-likeness (QED) is 0.907. The van der Waals surface area contributed by atoms with Crippen LogP contribution in [-0.2, 0) is 6.61 Å². The summed E-state index contributed by atoms with van der Waals surface area (Å²) in [6.45, 7) is 1.65. The van der Waals surface area contributed by atoms with Crippen LogP contribution in [0.15, 0.2) is 48.5 Å². The third-order valence-electron chi connectivity index (χ3n) is 3.89. The summed E-state index contributed by atoms with van der Waals surface area (Å²) in [5, 5.41) is 3.51. The number of rotatable bonds is 5. The van der Waals surface area contributed by atoms with Gasteiger partial charge in [-0.05, 0) is 42.6 Å². The monoisotopic (exact) mass is 283 g/mol. The molecule has 0 amide bonds. The van der Waals surface area contributed by atoms with Gasteiger partial charge >= 0.3 is 0 Å². The summed E-state index contributed by atoms with van der Waals surface area (Å²) in [7, 11) is 1.69. The van der Waals surface area contributed by atoms with E-state index in [0.717, 1.165) is 23.6 Å². The minimum Gasteiger partial charge on any atom is -0.493 e. The first-order valence-corrected chi connectivity index (χ1v) is 7.45. The molecule has 0 aliphatic carbocycles. The summed E-state index contributed by atoms with van der Waals surface area (Å²) in [4.78, 5) is 0. The molecule has 1 saturated heterocycles. The average Bonchev–Trinajstić information content (AvgIpc) is 3.08. The van der Waals surface area contributed by atoms with E-state index in [1.54, 1.807) is 7.11 Å². The van der Waals surface area contributed by atoms with Gasteiger partial charge in [-0.2, -0.15) is 0 Å². The Hall–Kier alpha value is -2.00. The van der Waals surface area contributed by atoms with Crippen LogP contribution < -0.4 is 14.8 Å². The highest BCUT2D eigenvalue weighted by Gasteiger charge is 2.17. The van der Waals surface area contributed by atoms with Crippen molar-refractivity contribution in [2.45, 2.75) is 25.5 Å². The zero-order chi connectivity index (χ0) is 14.5. The van der Waals surface area contributed by atoms with Crippen LogP contribution in [0.25, 0.3) is 0 Å². The van der Waals surface area contributed by atoms with Crippen LogP contribution in [-0.4, -0.2) is 13.7 Å². The number of hydrogen-bond acceptors (Lipinski definition) is 3. The second-order valence-electron chi connectivity index (χ2n) is 5.33. The molecular weight excluding hydrogens is 262 g/mol. The van der Waals surface area contributed by atoms with Crippen molar-refractivity contribution in [2.75, 3.05) is 13.7 Å². The maximum atomic E-state index is 5.89. The predicted octanol–water partition coefficient (Wildman–Crippen LogP) is 3.70. The molecule has 0 saturated carbocycles. The zero-order valence-electron chi connectivity index (χ0n) is 12.3. The van der Waals surface area contributed by atoms with Crippen LogP contribution in [0.3, 0.4) is 0 Å². The maximum Gasteiger partial charge on any atom is 0.161 e. The fourth-order valence-electron chi connectivity index (χ4n) is 2.72. The Morgan fingerprint density at radius 1 is 1.10 bits per heavy atom. The lowest BCUT2D eigenvalue weighted by Crippen LogP contribution is -2.12. The minimum absolute atomic E-state index is 0.446. The van der Waals surface area contributed by atoms with Gasteiger partial charge in [0.15, 0.2) is 11.5 Å². The number of benzene rings is 2. The Morgan fingerprint density at radius 3 is 2.67 bits per heavy atom. The van der Waals surface area contributed by atoms with Crippen molar-refractivity contribution >= 4 is 0 Å². The number of ether oxygens (including phenoxy) is 2. The van der Waals surface area contributed by atoms with Crippen LogP contribution in [0.2, 0.25) is 0 Å². The second-order valence-corrected chi connectivity index (χ2v) is 5.33. The topological polar surface area (TPSA) is 30.5 Å². The molecule has 1 atom stereocenters. The van der Waals surface area contributed by atoms with Crippen LogP contribution in [0.5, 0.6) is 11.5 Å². The van der Waals surface area contributed by atoms with Crippen molar-refractivity contribution in [3.05, 3.63) is 59.7 Å². The molecule has 110 valence electrons. The smallest absolute Gasteiger partial charge is 0.161 e. The fraction of sp³-hybridized carbons (Fsp3) is 0.333. The highest BCUT2D eigenvalue weighted by Crippen LogP contribution is 2.33. The van der Waals surface area contributed by atoms with E-state index in [4.69, 9.17) is 9.47 Å². The molecule has 1 aliphatic rings. The maximum absolute atomic E-state index is 5.89. The molecule has 1 heterocycles. The average molecular weight is 283 g/mol. The molecule has 21 heavy (non-hydrogen) atoms. The summed E-state index contributed by atoms with van der Waals surface area (Å²) in [5.74, 6) is 1.60. The zero-order valence-corrected chi connectivity index (χ0v) is 12.3. The first-order valence-electron chi connectivity index (χ1n) is 7.45. The molecule has 0 radical (unpaired) electrons. The van der Waals surface area contributed by atoms with E-state index in [-0.39, 0.29) is 0 Å². The van der Waals surface area contributed by atoms with Gasteiger partial charge in [0.1, 0.15) is 6.61 Å². The van der Waals surface area contributed by atoms with E-state index in [9.17, 15) is 0 Å². The first-order chi connectivity index (χ1) is 10.4. The van der Waals surface area contributed by atoms with Crippen LogP contribution >= 0.6 is 0 Å². The fourth-order valence-corrected chi connectivity index (χ4v) is 2.72. The Labute approximate surface area is 125 Å². The van der Waals surface area contributed by atoms with E-state index >= 15 is 0 Å². The van der Waals surface area contributed by atoms with E-state index in [1.807, 2.05) is 24.3 Å². The summed E-state index contributed by atoms with van der Waals surface area (Å²) < 4.78 is 11.4. The Kier molecular flexibility index (Phi) is 4.41. The lowest BCUT2D eigenvalue weighted by Gasteiger charge is -2.15. The normalized spacial score (nSPS) is 17.7. The predicted molar refractivity (Wildman–Crippen MR) is 83.7 cm³/mol. The van der Waals surface area contributed by atoms with Crippen LogP contribution in [0.1, 0.15) is 30.0 Å². The van der Waals surface area contributed by atoms with Gasteiger partial charge in [-0.1, -0.05) is 36.4 Å². The molecular formula is C18H21NO2.